The number of anilines is 1. The number of amides is 1. The maximum absolute atomic E-state index is 12.3. The fourth-order valence-corrected chi connectivity index (χ4v) is 2.79. The lowest BCUT2D eigenvalue weighted by Gasteiger charge is -2.30. The summed E-state index contributed by atoms with van der Waals surface area (Å²) in [4.78, 5) is 14.5. The van der Waals surface area contributed by atoms with E-state index in [4.69, 9.17) is 4.74 Å². The minimum Gasteiger partial charge on any atom is -0.381 e. The summed E-state index contributed by atoms with van der Waals surface area (Å²) in [6.45, 7) is 11.1. The monoisotopic (exact) mass is 304 g/mol. The maximum atomic E-state index is 12.3. The number of hydrogen-bond acceptors (Lipinski definition) is 3. The topological polar surface area (TPSA) is 41.6 Å². The van der Waals surface area contributed by atoms with Crippen molar-refractivity contribution < 1.29 is 9.53 Å². The minimum absolute atomic E-state index is 0.0847. The summed E-state index contributed by atoms with van der Waals surface area (Å²) < 4.78 is 5.35. The van der Waals surface area contributed by atoms with Crippen LogP contribution in [0.3, 0.4) is 0 Å². The summed E-state index contributed by atoms with van der Waals surface area (Å²) in [5, 5.41) is 3.05. The van der Waals surface area contributed by atoms with Crippen LogP contribution >= 0.6 is 0 Å². The van der Waals surface area contributed by atoms with Crippen LogP contribution < -0.4 is 10.2 Å². The highest BCUT2D eigenvalue weighted by molar-refractivity contribution is 5.81. The second-order valence-electron chi connectivity index (χ2n) is 6.55. The Bertz CT molecular complexity index is 508. The quantitative estimate of drug-likeness (QED) is 0.878. The Balaban J connectivity index is 1.98. The van der Waals surface area contributed by atoms with Gasteiger partial charge in [0.1, 0.15) is 0 Å². The van der Waals surface area contributed by atoms with Crippen LogP contribution in [-0.2, 0) is 9.53 Å². The Kier molecular flexibility index (Phi) is 5.83. The SMILES string of the molecule is Cc1ccc(C)c(N(CC(=O)NCC2CCOC2)C(C)C)c1. The molecule has 4 heteroatoms. The van der Waals surface area contributed by atoms with Crippen LogP contribution in [0.2, 0.25) is 0 Å². The molecule has 0 saturated carbocycles. The molecule has 122 valence electrons. The van der Waals surface area contributed by atoms with Gasteiger partial charge in [-0.05, 0) is 51.3 Å². The molecule has 1 heterocycles. The first-order valence-electron chi connectivity index (χ1n) is 8.15. The van der Waals surface area contributed by atoms with Crippen LogP contribution in [0.4, 0.5) is 5.69 Å². The molecule has 1 N–H and O–H groups in total. The highest BCUT2D eigenvalue weighted by Crippen LogP contribution is 2.23. The van der Waals surface area contributed by atoms with E-state index in [9.17, 15) is 4.79 Å². The van der Waals surface area contributed by atoms with Crippen molar-refractivity contribution in [3.63, 3.8) is 0 Å². The van der Waals surface area contributed by atoms with E-state index in [0.29, 0.717) is 12.5 Å². The number of hydrogen-bond donors (Lipinski definition) is 1. The Hall–Kier alpha value is -1.55. The van der Waals surface area contributed by atoms with E-state index in [1.807, 2.05) is 0 Å². The van der Waals surface area contributed by atoms with E-state index in [1.54, 1.807) is 0 Å². The van der Waals surface area contributed by atoms with E-state index in [1.165, 1.54) is 11.1 Å². The number of carbonyl (C=O) groups is 1. The van der Waals surface area contributed by atoms with Gasteiger partial charge in [0.15, 0.2) is 0 Å². The van der Waals surface area contributed by atoms with Gasteiger partial charge in [-0.15, -0.1) is 0 Å². The zero-order valence-corrected chi connectivity index (χ0v) is 14.2. The van der Waals surface area contributed by atoms with Gasteiger partial charge in [0, 0.05) is 30.8 Å². The van der Waals surface area contributed by atoms with E-state index in [0.717, 1.165) is 31.9 Å². The molecular formula is C18H28N2O2. The number of nitrogens with zero attached hydrogens (tertiary/aromatic N) is 1. The molecule has 2 rings (SSSR count). The van der Waals surface area contributed by atoms with Crippen molar-refractivity contribution in [2.75, 3.05) is 31.2 Å². The fourth-order valence-electron chi connectivity index (χ4n) is 2.79. The van der Waals surface area contributed by atoms with E-state index in [2.05, 4.69) is 56.1 Å². The van der Waals surface area contributed by atoms with Crippen LogP contribution in [-0.4, -0.2) is 38.3 Å². The molecule has 1 fully saturated rings. The first kappa shape index (κ1) is 16.8. The van der Waals surface area contributed by atoms with Gasteiger partial charge in [-0.3, -0.25) is 4.79 Å². The highest BCUT2D eigenvalue weighted by Gasteiger charge is 2.19. The summed E-state index contributed by atoms with van der Waals surface area (Å²) in [6.07, 6.45) is 1.05. The third-order valence-electron chi connectivity index (χ3n) is 4.22. The van der Waals surface area contributed by atoms with Crippen molar-refractivity contribution in [1.29, 1.82) is 0 Å². The lowest BCUT2D eigenvalue weighted by atomic mass is 10.1. The van der Waals surface area contributed by atoms with Gasteiger partial charge >= 0.3 is 0 Å². The number of ether oxygens (including phenoxy) is 1. The molecule has 1 aromatic rings. The molecule has 1 amide bonds. The second kappa shape index (κ2) is 7.63. The molecule has 1 aliphatic rings. The molecule has 1 unspecified atom stereocenters. The third kappa shape index (κ3) is 4.47. The predicted molar refractivity (Wildman–Crippen MR) is 90.3 cm³/mol. The largest absolute Gasteiger partial charge is 0.381 e. The third-order valence-corrected chi connectivity index (χ3v) is 4.22. The molecule has 1 aromatic carbocycles. The van der Waals surface area contributed by atoms with E-state index in [-0.39, 0.29) is 11.9 Å². The number of benzene rings is 1. The normalized spacial score (nSPS) is 17.8. The highest BCUT2D eigenvalue weighted by atomic mass is 16.5. The van der Waals surface area contributed by atoms with Gasteiger partial charge in [0.2, 0.25) is 5.91 Å². The molecule has 0 radical (unpaired) electrons. The Morgan fingerprint density at radius 1 is 1.41 bits per heavy atom. The number of carbonyl (C=O) groups excluding carboxylic acids is 1. The number of aryl methyl sites for hydroxylation is 2. The predicted octanol–water partition coefficient (Wildman–Crippen LogP) is 2.67. The average molecular weight is 304 g/mol. The molecule has 4 nitrogen and oxygen atoms in total. The standard InChI is InChI=1S/C18H28N2O2/c1-13(2)20(17-9-14(3)5-6-15(17)4)11-18(21)19-10-16-7-8-22-12-16/h5-6,9,13,16H,7-8,10-12H2,1-4H3,(H,19,21). The fraction of sp³-hybridized carbons (Fsp3) is 0.611. The minimum atomic E-state index is 0.0847. The summed E-state index contributed by atoms with van der Waals surface area (Å²) in [6, 6.07) is 6.67. The summed E-state index contributed by atoms with van der Waals surface area (Å²) in [7, 11) is 0. The van der Waals surface area contributed by atoms with Crippen LogP contribution in [0.15, 0.2) is 18.2 Å². The summed E-state index contributed by atoms with van der Waals surface area (Å²) >= 11 is 0. The first-order valence-corrected chi connectivity index (χ1v) is 8.15. The smallest absolute Gasteiger partial charge is 0.239 e. The van der Waals surface area contributed by atoms with E-state index >= 15 is 0 Å². The van der Waals surface area contributed by atoms with Gasteiger partial charge in [0.05, 0.1) is 13.2 Å². The lowest BCUT2D eigenvalue weighted by molar-refractivity contribution is -0.120. The molecule has 0 spiro atoms. The molecule has 0 aliphatic carbocycles. The Morgan fingerprint density at radius 2 is 2.18 bits per heavy atom. The van der Waals surface area contributed by atoms with Crippen molar-refractivity contribution >= 4 is 11.6 Å². The molecular weight excluding hydrogens is 276 g/mol. The van der Waals surface area contributed by atoms with Crippen molar-refractivity contribution in [3.05, 3.63) is 29.3 Å². The van der Waals surface area contributed by atoms with Crippen LogP contribution in [0.1, 0.15) is 31.4 Å². The van der Waals surface area contributed by atoms with Crippen molar-refractivity contribution in [2.24, 2.45) is 5.92 Å². The summed E-state index contributed by atoms with van der Waals surface area (Å²) in [5.74, 6) is 0.554. The first-order chi connectivity index (χ1) is 10.5. The zero-order chi connectivity index (χ0) is 16.1. The number of nitrogens with one attached hydrogen (secondary N) is 1. The van der Waals surface area contributed by atoms with Crippen LogP contribution in [0.25, 0.3) is 0 Å². The molecule has 1 atom stereocenters. The average Bonchev–Trinajstić information content (AvgIpc) is 2.98. The maximum Gasteiger partial charge on any atom is 0.239 e. The molecule has 1 saturated heterocycles. The number of rotatable bonds is 6. The van der Waals surface area contributed by atoms with Gasteiger partial charge in [-0.2, -0.15) is 0 Å². The van der Waals surface area contributed by atoms with Crippen molar-refractivity contribution in [2.45, 2.75) is 40.2 Å². The van der Waals surface area contributed by atoms with Gasteiger partial charge in [-0.25, -0.2) is 0 Å². The molecule has 0 bridgehead atoms. The van der Waals surface area contributed by atoms with Gasteiger partial charge in [0.25, 0.3) is 0 Å². The summed E-state index contributed by atoms with van der Waals surface area (Å²) in [5.41, 5.74) is 3.57. The van der Waals surface area contributed by atoms with Gasteiger partial charge in [-0.1, -0.05) is 12.1 Å². The molecule has 22 heavy (non-hydrogen) atoms. The lowest BCUT2D eigenvalue weighted by Crippen LogP contribution is -2.42. The van der Waals surface area contributed by atoms with Crippen molar-refractivity contribution in [3.8, 4) is 0 Å². The Morgan fingerprint density at radius 3 is 2.82 bits per heavy atom. The van der Waals surface area contributed by atoms with Crippen LogP contribution in [0.5, 0.6) is 0 Å². The molecule has 1 aliphatic heterocycles. The zero-order valence-electron chi connectivity index (χ0n) is 14.2. The Labute approximate surface area is 133 Å². The van der Waals surface area contributed by atoms with Crippen LogP contribution in [0, 0.1) is 19.8 Å². The van der Waals surface area contributed by atoms with Crippen molar-refractivity contribution in [1.82, 2.24) is 5.32 Å². The van der Waals surface area contributed by atoms with Gasteiger partial charge < -0.3 is 15.0 Å². The second-order valence-corrected chi connectivity index (χ2v) is 6.55. The molecule has 0 aromatic heterocycles. The van der Waals surface area contributed by atoms with E-state index < -0.39 is 0 Å².